The Hall–Kier alpha value is -1.75. The molecule has 0 heterocycles. The van der Waals surface area contributed by atoms with Gasteiger partial charge in [0.25, 0.3) is 0 Å². The van der Waals surface area contributed by atoms with Gasteiger partial charge in [-0.25, -0.2) is 0 Å². The summed E-state index contributed by atoms with van der Waals surface area (Å²) in [6.45, 7) is 5.01. The molecule has 0 bridgehead atoms. The maximum atomic E-state index is 8.72. The van der Waals surface area contributed by atoms with Crippen LogP contribution in [0.1, 0.15) is 37.8 Å². The molecule has 0 saturated heterocycles. The highest BCUT2D eigenvalue weighted by Gasteiger charge is 2.09. The number of benzene rings is 1. The lowest BCUT2D eigenvalue weighted by Gasteiger charge is -2.16. The Morgan fingerprint density at radius 2 is 2.11 bits per heavy atom. The highest BCUT2D eigenvalue weighted by Crippen LogP contribution is 2.20. The molecule has 4 N–H and O–H groups in total. The SMILES string of the molecule is CCC(CC)NCc1cc(/C(N)=N/O)ccc1OC. The van der Waals surface area contributed by atoms with E-state index in [0.717, 1.165) is 24.2 Å². The maximum absolute atomic E-state index is 8.72. The summed E-state index contributed by atoms with van der Waals surface area (Å²) >= 11 is 0. The molecule has 0 amide bonds. The van der Waals surface area contributed by atoms with E-state index in [0.29, 0.717) is 18.2 Å². The lowest BCUT2D eigenvalue weighted by molar-refractivity contribution is 0.318. The smallest absolute Gasteiger partial charge is 0.170 e. The monoisotopic (exact) mass is 265 g/mol. The van der Waals surface area contributed by atoms with Gasteiger partial charge in [-0.05, 0) is 31.0 Å². The second kappa shape index (κ2) is 7.63. The lowest BCUT2D eigenvalue weighted by Crippen LogP contribution is -2.27. The van der Waals surface area contributed by atoms with Gasteiger partial charge < -0.3 is 21.0 Å². The van der Waals surface area contributed by atoms with Gasteiger partial charge in [0.15, 0.2) is 5.84 Å². The molecule has 0 unspecified atom stereocenters. The number of rotatable bonds is 7. The van der Waals surface area contributed by atoms with Gasteiger partial charge in [-0.1, -0.05) is 19.0 Å². The zero-order chi connectivity index (χ0) is 14.3. The number of amidine groups is 1. The third-order valence-electron chi connectivity index (χ3n) is 3.25. The second-order valence-corrected chi connectivity index (χ2v) is 4.41. The average Bonchev–Trinajstić information content (AvgIpc) is 2.47. The van der Waals surface area contributed by atoms with Crippen LogP contribution in [-0.4, -0.2) is 24.2 Å². The molecular weight excluding hydrogens is 242 g/mol. The van der Waals surface area contributed by atoms with Crippen molar-refractivity contribution in [3.8, 4) is 5.75 Å². The fourth-order valence-electron chi connectivity index (χ4n) is 1.97. The molecule has 0 aliphatic heterocycles. The van der Waals surface area contributed by atoms with Gasteiger partial charge in [-0.15, -0.1) is 0 Å². The normalized spacial score (nSPS) is 11.9. The van der Waals surface area contributed by atoms with Crippen LogP contribution in [0.5, 0.6) is 5.75 Å². The summed E-state index contributed by atoms with van der Waals surface area (Å²) in [5.74, 6) is 0.902. The number of methoxy groups -OCH3 is 1. The quantitative estimate of drug-likeness (QED) is 0.305. The van der Waals surface area contributed by atoms with Crippen LogP contribution < -0.4 is 15.8 Å². The van der Waals surface area contributed by atoms with E-state index in [-0.39, 0.29) is 5.84 Å². The maximum Gasteiger partial charge on any atom is 0.170 e. The minimum Gasteiger partial charge on any atom is -0.496 e. The third kappa shape index (κ3) is 4.13. The van der Waals surface area contributed by atoms with Crippen LogP contribution in [-0.2, 0) is 6.54 Å². The predicted molar refractivity (Wildman–Crippen MR) is 76.7 cm³/mol. The van der Waals surface area contributed by atoms with E-state index in [1.165, 1.54) is 0 Å². The first-order chi connectivity index (χ1) is 9.15. The van der Waals surface area contributed by atoms with Crippen LogP contribution in [0.2, 0.25) is 0 Å². The fraction of sp³-hybridized carbons (Fsp3) is 0.500. The number of hydrogen-bond donors (Lipinski definition) is 3. The summed E-state index contributed by atoms with van der Waals surface area (Å²) in [6.07, 6.45) is 2.16. The molecule has 5 heteroatoms. The zero-order valence-corrected chi connectivity index (χ0v) is 11.8. The van der Waals surface area contributed by atoms with Crippen molar-refractivity contribution < 1.29 is 9.94 Å². The second-order valence-electron chi connectivity index (χ2n) is 4.41. The van der Waals surface area contributed by atoms with E-state index in [1.54, 1.807) is 13.2 Å². The Morgan fingerprint density at radius 3 is 2.63 bits per heavy atom. The van der Waals surface area contributed by atoms with Gasteiger partial charge in [-0.3, -0.25) is 0 Å². The summed E-state index contributed by atoms with van der Waals surface area (Å²) in [6, 6.07) is 5.96. The van der Waals surface area contributed by atoms with Gasteiger partial charge in [0.1, 0.15) is 5.75 Å². The standard InChI is InChI=1S/C14H23N3O2/c1-4-12(5-2)16-9-11-8-10(14(15)17-18)6-7-13(11)19-3/h6-8,12,16,18H,4-5,9H2,1-3H3,(H2,15,17). The Kier molecular flexibility index (Phi) is 6.15. The van der Waals surface area contributed by atoms with E-state index in [2.05, 4.69) is 24.3 Å². The van der Waals surface area contributed by atoms with E-state index in [1.807, 2.05) is 12.1 Å². The third-order valence-corrected chi connectivity index (χ3v) is 3.25. The number of nitrogens with two attached hydrogens (primary N) is 1. The Morgan fingerprint density at radius 1 is 1.42 bits per heavy atom. The van der Waals surface area contributed by atoms with Crippen molar-refractivity contribution >= 4 is 5.84 Å². The first kappa shape index (κ1) is 15.3. The van der Waals surface area contributed by atoms with E-state index >= 15 is 0 Å². The number of oxime groups is 1. The van der Waals surface area contributed by atoms with Crippen molar-refractivity contribution in [3.63, 3.8) is 0 Å². The molecule has 106 valence electrons. The van der Waals surface area contributed by atoms with Crippen LogP contribution in [0, 0.1) is 0 Å². The van der Waals surface area contributed by atoms with Gasteiger partial charge >= 0.3 is 0 Å². The highest BCUT2D eigenvalue weighted by atomic mass is 16.5. The first-order valence-electron chi connectivity index (χ1n) is 6.54. The van der Waals surface area contributed by atoms with Crippen LogP contribution in [0.4, 0.5) is 0 Å². The highest BCUT2D eigenvalue weighted by molar-refractivity contribution is 5.97. The average molecular weight is 265 g/mol. The molecule has 5 nitrogen and oxygen atoms in total. The minimum absolute atomic E-state index is 0.103. The number of nitrogens with one attached hydrogen (secondary N) is 1. The molecular formula is C14H23N3O2. The van der Waals surface area contributed by atoms with Crippen molar-refractivity contribution in [1.82, 2.24) is 5.32 Å². The molecule has 0 saturated carbocycles. The molecule has 1 rings (SSSR count). The van der Waals surface area contributed by atoms with Crippen molar-refractivity contribution in [2.45, 2.75) is 39.3 Å². The van der Waals surface area contributed by atoms with E-state index in [9.17, 15) is 0 Å². The molecule has 0 radical (unpaired) electrons. The summed E-state index contributed by atoms with van der Waals surface area (Å²) in [7, 11) is 1.64. The zero-order valence-electron chi connectivity index (χ0n) is 11.8. The number of ether oxygens (including phenoxy) is 1. The van der Waals surface area contributed by atoms with Crippen molar-refractivity contribution in [1.29, 1.82) is 0 Å². The minimum atomic E-state index is 0.103. The number of nitrogens with zero attached hydrogens (tertiary/aromatic N) is 1. The largest absolute Gasteiger partial charge is 0.496 e. The number of hydrogen-bond acceptors (Lipinski definition) is 4. The molecule has 0 aliphatic rings. The molecule has 1 aromatic rings. The molecule has 0 aromatic heterocycles. The molecule has 0 fully saturated rings. The summed E-state index contributed by atoms with van der Waals surface area (Å²) < 4.78 is 5.33. The molecule has 0 spiro atoms. The molecule has 0 atom stereocenters. The topological polar surface area (TPSA) is 79.9 Å². The Labute approximate surface area is 114 Å². The van der Waals surface area contributed by atoms with Gasteiger partial charge in [-0.2, -0.15) is 0 Å². The van der Waals surface area contributed by atoms with Crippen molar-refractivity contribution in [3.05, 3.63) is 29.3 Å². The van der Waals surface area contributed by atoms with E-state index in [4.69, 9.17) is 15.7 Å². The van der Waals surface area contributed by atoms with Crippen LogP contribution in [0.15, 0.2) is 23.4 Å². The first-order valence-corrected chi connectivity index (χ1v) is 6.54. The fourth-order valence-corrected chi connectivity index (χ4v) is 1.97. The van der Waals surface area contributed by atoms with Crippen molar-refractivity contribution in [2.24, 2.45) is 10.9 Å². The predicted octanol–water partition coefficient (Wildman–Crippen LogP) is 2.07. The van der Waals surface area contributed by atoms with Crippen LogP contribution >= 0.6 is 0 Å². The summed E-state index contributed by atoms with van der Waals surface area (Å²) in [5, 5.41) is 15.2. The van der Waals surface area contributed by atoms with Crippen molar-refractivity contribution in [2.75, 3.05) is 7.11 Å². The van der Waals surface area contributed by atoms with Gasteiger partial charge in [0.2, 0.25) is 0 Å². The summed E-state index contributed by atoms with van der Waals surface area (Å²) in [4.78, 5) is 0. The lowest BCUT2D eigenvalue weighted by atomic mass is 10.1. The molecule has 1 aromatic carbocycles. The van der Waals surface area contributed by atoms with E-state index < -0.39 is 0 Å². The Bertz CT molecular complexity index is 429. The van der Waals surface area contributed by atoms with Crippen LogP contribution in [0.25, 0.3) is 0 Å². The summed E-state index contributed by atoms with van der Waals surface area (Å²) in [5.41, 5.74) is 7.29. The van der Waals surface area contributed by atoms with Gasteiger partial charge in [0, 0.05) is 23.7 Å². The Balaban J connectivity index is 2.90. The molecule has 19 heavy (non-hydrogen) atoms. The molecule has 0 aliphatic carbocycles. The van der Waals surface area contributed by atoms with Crippen LogP contribution in [0.3, 0.4) is 0 Å². The van der Waals surface area contributed by atoms with Gasteiger partial charge in [0.05, 0.1) is 7.11 Å².